The third-order valence-corrected chi connectivity index (χ3v) is 3.80. The van der Waals surface area contributed by atoms with Gasteiger partial charge in [0.2, 0.25) is 0 Å². The minimum Gasteiger partial charge on any atom is -0.858 e. The number of nitrogens with zero attached hydrogens (tertiary/aromatic N) is 1. The fourth-order valence-electron chi connectivity index (χ4n) is 0.873. The third kappa shape index (κ3) is 3.45. The van der Waals surface area contributed by atoms with E-state index in [-0.39, 0.29) is 10.0 Å². The Hall–Kier alpha value is -0.610. The first-order valence-electron chi connectivity index (χ1n) is 4.08. The second-order valence-corrected chi connectivity index (χ2v) is 6.31. The van der Waals surface area contributed by atoms with E-state index in [2.05, 4.69) is 36.3 Å². The molecular formula is C8H3Br2F3NO3S-. The zero-order valence-electron chi connectivity index (χ0n) is 8.20. The molecule has 0 radical (unpaired) electrons. The van der Waals surface area contributed by atoms with Crippen molar-refractivity contribution in [3.63, 3.8) is 0 Å². The summed E-state index contributed by atoms with van der Waals surface area (Å²) in [5.74, 6) is -1.49. The van der Waals surface area contributed by atoms with Gasteiger partial charge in [-0.1, -0.05) is 37.9 Å². The summed E-state index contributed by atoms with van der Waals surface area (Å²) in [7, 11) is -5.83. The summed E-state index contributed by atoms with van der Waals surface area (Å²) in [6, 6.07) is 3.89. The number of alkyl halides is 3. The molecule has 0 aliphatic rings. The van der Waals surface area contributed by atoms with Gasteiger partial charge in [0.1, 0.15) is 0 Å². The lowest BCUT2D eigenvalue weighted by atomic mass is 10.2. The van der Waals surface area contributed by atoms with Crippen LogP contribution in [0.5, 0.6) is 0 Å². The van der Waals surface area contributed by atoms with Crippen molar-refractivity contribution in [2.75, 3.05) is 0 Å². The van der Waals surface area contributed by atoms with Crippen LogP contribution in [-0.4, -0.2) is 19.8 Å². The van der Waals surface area contributed by atoms with Crippen LogP contribution in [0.1, 0.15) is 5.56 Å². The number of hydrogen-bond donors (Lipinski definition) is 0. The quantitative estimate of drug-likeness (QED) is 0.555. The predicted octanol–water partition coefficient (Wildman–Crippen LogP) is 2.17. The first-order valence-corrected chi connectivity index (χ1v) is 7.11. The molecule has 0 spiro atoms. The molecule has 0 atom stereocenters. The van der Waals surface area contributed by atoms with Crippen LogP contribution in [0.2, 0.25) is 0 Å². The van der Waals surface area contributed by atoms with E-state index in [9.17, 15) is 26.7 Å². The first kappa shape index (κ1) is 15.4. The molecule has 4 nitrogen and oxygen atoms in total. The molecule has 1 aromatic carbocycles. The van der Waals surface area contributed by atoms with Crippen LogP contribution in [0.15, 0.2) is 31.5 Å². The Morgan fingerprint density at radius 1 is 1.28 bits per heavy atom. The van der Waals surface area contributed by atoms with Crippen molar-refractivity contribution in [1.29, 1.82) is 0 Å². The van der Waals surface area contributed by atoms with E-state index in [1.165, 1.54) is 12.1 Å². The fraction of sp³-hybridized carbons (Fsp3) is 0.125. The maximum atomic E-state index is 12.0. The second-order valence-electron chi connectivity index (χ2n) is 2.94. The van der Waals surface area contributed by atoms with Gasteiger partial charge in [-0.3, -0.25) is 0 Å². The highest BCUT2D eigenvalue weighted by Gasteiger charge is 2.45. The molecule has 100 valence electrons. The van der Waals surface area contributed by atoms with Crippen LogP contribution in [0, 0.1) is 0 Å². The van der Waals surface area contributed by atoms with Crippen molar-refractivity contribution >= 4 is 47.8 Å². The Kier molecular flexibility index (Phi) is 4.44. The lowest BCUT2D eigenvalue weighted by Gasteiger charge is -2.13. The van der Waals surface area contributed by atoms with Gasteiger partial charge in [-0.25, -0.2) is 0 Å². The number of sulfonamides is 1. The van der Waals surface area contributed by atoms with E-state index in [1.54, 1.807) is 0 Å². The summed E-state index contributed by atoms with van der Waals surface area (Å²) in [4.78, 5) is 0. The number of halogens is 5. The van der Waals surface area contributed by atoms with Gasteiger partial charge in [-0.05, 0) is 12.1 Å². The average Bonchev–Trinajstić information content (AvgIpc) is 2.14. The Labute approximate surface area is 117 Å². The van der Waals surface area contributed by atoms with Gasteiger partial charge < -0.3 is 5.11 Å². The summed E-state index contributed by atoms with van der Waals surface area (Å²) in [6.07, 6.45) is 0. The standard InChI is InChI=1S/C8H4Br2F3NO3S/c9-4-1-2-5(6(10)3-4)7(15)14-18(16,17)8(11,12)13/h1-3H,(H,14,15)/p-1. The van der Waals surface area contributed by atoms with E-state index in [0.717, 1.165) is 6.07 Å². The van der Waals surface area contributed by atoms with E-state index in [0.29, 0.717) is 4.47 Å². The molecule has 1 aromatic rings. The fourth-order valence-corrected chi connectivity index (χ4v) is 2.51. The van der Waals surface area contributed by atoms with Gasteiger partial charge >= 0.3 is 15.5 Å². The van der Waals surface area contributed by atoms with Crippen molar-refractivity contribution in [2.24, 2.45) is 4.40 Å². The van der Waals surface area contributed by atoms with Gasteiger partial charge in [-0.2, -0.15) is 26.0 Å². The van der Waals surface area contributed by atoms with Crippen molar-refractivity contribution in [2.45, 2.75) is 5.51 Å². The topological polar surface area (TPSA) is 69.6 Å². The van der Waals surface area contributed by atoms with Crippen LogP contribution in [0.3, 0.4) is 0 Å². The molecular weight excluding hydrogens is 407 g/mol. The highest BCUT2D eigenvalue weighted by atomic mass is 79.9. The molecule has 0 bridgehead atoms. The first-order chi connectivity index (χ1) is 8.04. The monoisotopic (exact) mass is 408 g/mol. The van der Waals surface area contributed by atoms with Crippen molar-refractivity contribution in [3.8, 4) is 0 Å². The molecule has 0 unspecified atom stereocenters. The van der Waals surface area contributed by atoms with E-state index in [4.69, 9.17) is 0 Å². The van der Waals surface area contributed by atoms with Crippen LogP contribution in [0.4, 0.5) is 13.2 Å². The van der Waals surface area contributed by atoms with Crippen LogP contribution in [0.25, 0.3) is 0 Å². The summed E-state index contributed by atoms with van der Waals surface area (Å²) < 4.78 is 60.3. The molecule has 0 fully saturated rings. The Morgan fingerprint density at radius 2 is 1.83 bits per heavy atom. The molecule has 0 aliphatic heterocycles. The SMILES string of the molecule is O=S(=O)(/N=C(\[O-])c1ccc(Br)cc1Br)C(F)(F)F. The van der Waals surface area contributed by atoms with E-state index >= 15 is 0 Å². The summed E-state index contributed by atoms with van der Waals surface area (Å²) in [5.41, 5.74) is -5.88. The van der Waals surface area contributed by atoms with Crippen LogP contribution >= 0.6 is 31.9 Å². The van der Waals surface area contributed by atoms with Gasteiger partial charge in [0.15, 0.2) is 0 Å². The lowest BCUT2D eigenvalue weighted by Crippen LogP contribution is -2.27. The molecule has 0 N–H and O–H groups in total. The summed E-state index contributed by atoms with van der Waals surface area (Å²) >= 11 is 5.99. The predicted molar refractivity (Wildman–Crippen MR) is 63.4 cm³/mol. The Morgan fingerprint density at radius 3 is 2.28 bits per heavy atom. The van der Waals surface area contributed by atoms with Crippen molar-refractivity contribution in [1.82, 2.24) is 0 Å². The normalized spacial score (nSPS) is 13.7. The Bertz CT molecular complexity index is 598. The van der Waals surface area contributed by atoms with Crippen LogP contribution < -0.4 is 5.11 Å². The minimum absolute atomic E-state index is 0.128. The van der Waals surface area contributed by atoms with Crippen molar-refractivity contribution < 1.29 is 26.7 Å². The molecule has 1 rings (SSSR count). The maximum Gasteiger partial charge on any atom is 0.518 e. The molecule has 0 aromatic heterocycles. The molecule has 0 heterocycles. The number of benzene rings is 1. The molecule has 0 aliphatic carbocycles. The summed E-state index contributed by atoms with van der Waals surface area (Å²) in [6.45, 7) is 0. The van der Waals surface area contributed by atoms with Gasteiger partial charge in [0.05, 0.1) is 0 Å². The summed E-state index contributed by atoms with van der Waals surface area (Å²) in [5, 5.41) is 11.3. The van der Waals surface area contributed by atoms with Crippen LogP contribution in [-0.2, 0) is 10.0 Å². The van der Waals surface area contributed by atoms with E-state index < -0.39 is 21.4 Å². The van der Waals surface area contributed by atoms with Gasteiger partial charge in [0, 0.05) is 20.4 Å². The van der Waals surface area contributed by atoms with E-state index in [1.807, 2.05) is 0 Å². The van der Waals surface area contributed by atoms with Gasteiger partial charge in [-0.15, -0.1) is 0 Å². The highest BCUT2D eigenvalue weighted by molar-refractivity contribution is 9.11. The zero-order valence-corrected chi connectivity index (χ0v) is 12.2. The average molecular weight is 410 g/mol. The highest BCUT2D eigenvalue weighted by Crippen LogP contribution is 2.26. The third-order valence-electron chi connectivity index (χ3n) is 1.66. The minimum atomic E-state index is -5.83. The molecule has 0 saturated heterocycles. The Balaban J connectivity index is 3.27. The molecule has 0 amide bonds. The maximum absolute atomic E-state index is 12.0. The largest absolute Gasteiger partial charge is 0.858 e. The molecule has 0 saturated carbocycles. The number of rotatable bonds is 2. The molecule has 18 heavy (non-hydrogen) atoms. The smallest absolute Gasteiger partial charge is 0.518 e. The second kappa shape index (κ2) is 5.17. The van der Waals surface area contributed by atoms with Gasteiger partial charge in [0.25, 0.3) is 0 Å². The number of hydrogen-bond acceptors (Lipinski definition) is 3. The lowest BCUT2D eigenvalue weighted by molar-refractivity contribution is -0.212. The molecule has 10 heteroatoms. The van der Waals surface area contributed by atoms with Crippen molar-refractivity contribution in [3.05, 3.63) is 32.7 Å². The zero-order chi connectivity index (χ0) is 14.1.